The van der Waals surface area contributed by atoms with E-state index in [0.717, 1.165) is 58.7 Å². The molecule has 0 radical (unpaired) electrons. The van der Waals surface area contributed by atoms with E-state index < -0.39 is 0 Å². The Balaban J connectivity index is 0.000000355. The number of likely N-dealkylation sites (N-methyl/N-ethyl adjacent to an activating group) is 4. The monoisotopic (exact) mass is 490 g/mol. The minimum absolute atomic E-state index is 0.260. The predicted octanol–water partition coefficient (Wildman–Crippen LogP) is 1.81. The van der Waals surface area contributed by atoms with Gasteiger partial charge in [0.05, 0.1) is 11.4 Å². The second-order valence-corrected chi connectivity index (χ2v) is 10.4. The molecule has 0 atom stereocenters. The number of anilines is 2. The highest BCUT2D eigenvalue weighted by molar-refractivity contribution is 5.60. The molecular formula is C27H46N4O4. The summed E-state index contributed by atoms with van der Waals surface area (Å²) in [7, 11) is 5.82. The minimum Gasteiger partial charge on any atom is -0.370 e. The Morgan fingerprint density at radius 1 is 0.686 bits per heavy atom. The number of rotatable bonds is 13. The third-order valence-corrected chi connectivity index (χ3v) is 6.31. The van der Waals surface area contributed by atoms with Crippen molar-refractivity contribution in [2.24, 2.45) is 0 Å². The smallest absolute Gasteiger partial charge is 0.249 e. The van der Waals surface area contributed by atoms with E-state index in [1.165, 1.54) is 6.07 Å². The summed E-state index contributed by atoms with van der Waals surface area (Å²) in [6, 6.07) is 1.42. The van der Waals surface area contributed by atoms with Crippen molar-refractivity contribution >= 4 is 11.4 Å². The Morgan fingerprint density at radius 2 is 1.26 bits per heavy atom. The molecule has 2 aromatic rings. The molecule has 0 bridgehead atoms. The molecule has 0 amide bonds. The van der Waals surface area contributed by atoms with Crippen LogP contribution in [0.25, 0.3) is 0 Å². The summed E-state index contributed by atoms with van der Waals surface area (Å²) < 4.78 is 0. The van der Waals surface area contributed by atoms with Crippen LogP contribution in [0.15, 0.2) is 25.2 Å². The van der Waals surface area contributed by atoms with Gasteiger partial charge in [0.2, 0.25) is 21.7 Å². The SMILES string of the molecule is CCCN(C)CCN(C)c1c(C(C)(C)C)c(=O)c1=O.CCCN(CC)CCN(C)c1cc(=O)c1=O. The zero-order valence-electron chi connectivity index (χ0n) is 23.4. The quantitative estimate of drug-likeness (QED) is 0.393. The van der Waals surface area contributed by atoms with Crippen molar-refractivity contribution in [2.75, 3.05) is 76.8 Å². The molecule has 8 nitrogen and oxygen atoms in total. The van der Waals surface area contributed by atoms with Gasteiger partial charge in [-0.25, -0.2) is 0 Å². The van der Waals surface area contributed by atoms with Crippen LogP contribution in [-0.2, 0) is 5.41 Å². The van der Waals surface area contributed by atoms with Gasteiger partial charge in [-0.15, -0.1) is 0 Å². The molecule has 0 aliphatic rings. The fourth-order valence-electron chi connectivity index (χ4n) is 4.11. The molecule has 2 rings (SSSR count). The lowest BCUT2D eigenvalue weighted by Gasteiger charge is -2.30. The number of hydrogen-bond acceptors (Lipinski definition) is 8. The molecular weight excluding hydrogens is 444 g/mol. The van der Waals surface area contributed by atoms with Gasteiger partial charge in [-0.05, 0) is 44.9 Å². The Labute approximate surface area is 210 Å². The van der Waals surface area contributed by atoms with Gasteiger partial charge in [0.25, 0.3) is 0 Å². The van der Waals surface area contributed by atoms with E-state index in [9.17, 15) is 19.2 Å². The third-order valence-electron chi connectivity index (χ3n) is 6.31. The zero-order chi connectivity index (χ0) is 26.9. The van der Waals surface area contributed by atoms with Gasteiger partial charge in [-0.1, -0.05) is 41.5 Å². The van der Waals surface area contributed by atoms with Crippen LogP contribution in [0.2, 0.25) is 0 Å². The summed E-state index contributed by atoms with van der Waals surface area (Å²) in [5.74, 6) is 0. The molecule has 0 unspecified atom stereocenters. The fourth-order valence-corrected chi connectivity index (χ4v) is 4.11. The van der Waals surface area contributed by atoms with Gasteiger partial charge < -0.3 is 19.6 Å². The molecule has 0 aromatic heterocycles. The van der Waals surface area contributed by atoms with Crippen LogP contribution in [0.1, 0.15) is 59.9 Å². The van der Waals surface area contributed by atoms with Crippen molar-refractivity contribution in [1.29, 1.82) is 0 Å². The highest BCUT2D eigenvalue weighted by atomic mass is 16.2. The molecule has 0 aliphatic carbocycles. The Kier molecular flexibility index (Phi) is 12.0. The lowest BCUT2D eigenvalue weighted by atomic mass is 9.82. The molecule has 0 saturated heterocycles. The first-order valence-electron chi connectivity index (χ1n) is 12.8. The van der Waals surface area contributed by atoms with E-state index in [1.807, 2.05) is 44.7 Å². The van der Waals surface area contributed by atoms with Crippen LogP contribution >= 0.6 is 0 Å². The second-order valence-electron chi connectivity index (χ2n) is 10.4. The summed E-state index contributed by atoms with van der Waals surface area (Å²) in [4.78, 5) is 53.8. The Bertz CT molecular complexity index is 1060. The minimum atomic E-state index is -0.372. The summed E-state index contributed by atoms with van der Waals surface area (Å²) in [5, 5.41) is 0. The number of nitrogens with zero attached hydrogens (tertiary/aromatic N) is 4. The van der Waals surface area contributed by atoms with Crippen molar-refractivity contribution in [1.82, 2.24) is 9.80 Å². The summed E-state index contributed by atoms with van der Waals surface area (Å²) >= 11 is 0. The normalized spacial score (nSPS) is 11.9. The zero-order valence-corrected chi connectivity index (χ0v) is 23.4. The maximum atomic E-state index is 11.8. The van der Waals surface area contributed by atoms with Crippen LogP contribution in [0, 0.1) is 0 Å². The molecule has 0 heterocycles. The first kappa shape index (κ1) is 30.7. The maximum Gasteiger partial charge on any atom is 0.249 e. The standard InChI is InChI=1S/C15H26N2O2.C12H20N2O2/c1-7-8-16(5)9-10-17(6)12-11(15(2,3)4)13(18)14(12)19;1-4-6-14(5-2)8-7-13(3)10-9-11(15)12(10)16/h7-10H2,1-6H3;9H,4-8H2,1-3H3. The first-order valence-corrected chi connectivity index (χ1v) is 12.8. The van der Waals surface area contributed by atoms with Gasteiger partial charge in [-0.3, -0.25) is 19.2 Å². The summed E-state index contributed by atoms with van der Waals surface area (Å²) in [6.45, 7) is 18.9. The largest absolute Gasteiger partial charge is 0.370 e. The van der Waals surface area contributed by atoms with Crippen LogP contribution in [0.4, 0.5) is 11.4 Å². The summed E-state index contributed by atoms with van der Waals surface area (Å²) in [5.41, 5.74) is 0.230. The topological polar surface area (TPSA) is 81.2 Å². The van der Waals surface area contributed by atoms with E-state index in [4.69, 9.17) is 0 Å². The van der Waals surface area contributed by atoms with Gasteiger partial charge in [-0.2, -0.15) is 0 Å². The van der Waals surface area contributed by atoms with Gasteiger partial charge in [0.1, 0.15) is 0 Å². The summed E-state index contributed by atoms with van der Waals surface area (Å²) in [6.07, 6.45) is 2.26. The molecule has 0 saturated carbocycles. The van der Waals surface area contributed by atoms with E-state index in [-0.39, 0.29) is 27.1 Å². The molecule has 0 aliphatic heterocycles. The Hall–Kier alpha value is -2.32. The molecule has 0 fully saturated rings. The van der Waals surface area contributed by atoms with Crippen molar-refractivity contribution in [3.63, 3.8) is 0 Å². The molecule has 8 heteroatoms. The molecule has 0 spiro atoms. The fraction of sp³-hybridized carbons (Fsp3) is 0.704. The lowest BCUT2D eigenvalue weighted by Crippen LogP contribution is -2.47. The average molecular weight is 491 g/mol. The van der Waals surface area contributed by atoms with Crippen molar-refractivity contribution in [2.45, 2.75) is 59.8 Å². The van der Waals surface area contributed by atoms with Crippen molar-refractivity contribution in [3.05, 3.63) is 52.5 Å². The molecule has 0 N–H and O–H groups in total. The second kappa shape index (κ2) is 13.7. The van der Waals surface area contributed by atoms with E-state index >= 15 is 0 Å². The van der Waals surface area contributed by atoms with Gasteiger partial charge in [0, 0.05) is 51.9 Å². The van der Waals surface area contributed by atoms with E-state index in [2.05, 4.69) is 37.6 Å². The highest BCUT2D eigenvalue weighted by Crippen LogP contribution is 2.27. The van der Waals surface area contributed by atoms with Crippen LogP contribution in [-0.4, -0.2) is 76.8 Å². The van der Waals surface area contributed by atoms with Gasteiger partial charge in [0.15, 0.2) is 0 Å². The first-order chi connectivity index (χ1) is 16.3. The van der Waals surface area contributed by atoms with E-state index in [1.54, 1.807) is 0 Å². The molecule has 35 heavy (non-hydrogen) atoms. The lowest BCUT2D eigenvalue weighted by molar-refractivity contribution is 0.295. The maximum absolute atomic E-state index is 11.8. The number of hydrogen-bond donors (Lipinski definition) is 0. The van der Waals surface area contributed by atoms with Crippen LogP contribution < -0.4 is 31.5 Å². The molecule has 198 valence electrons. The van der Waals surface area contributed by atoms with Gasteiger partial charge >= 0.3 is 0 Å². The van der Waals surface area contributed by atoms with Crippen LogP contribution in [0.5, 0.6) is 0 Å². The third kappa shape index (κ3) is 8.39. The average Bonchev–Trinajstić information content (AvgIpc) is 2.80. The predicted molar refractivity (Wildman–Crippen MR) is 148 cm³/mol. The highest BCUT2D eigenvalue weighted by Gasteiger charge is 2.32. The Morgan fingerprint density at radius 3 is 1.71 bits per heavy atom. The molecule has 2 aromatic carbocycles. The van der Waals surface area contributed by atoms with Crippen molar-refractivity contribution in [3.8, 4) is 0 Å². The van der Waals surface area contributed by atoms with Crippen LogP contribution in [0.3, 0.4) is 0 Å². The van der Waals surface area contributed by atoms with Crippen molar-refractivity contribution < 1.29 is 0 Å². The van der Waals surface area contributed by atoms with E-state index in [0.29, 0.717) is 16.9 Å².